The Morgan fingerprint density at radius 3 is 2.67 bits per heavy atom. The van der Waals surface area contributed by atoms with Crippen molar-refractivity contribution in [2.24, 2.45) is 7.05 Å². The van der Waals surface area contributed by atoms with Crippen LogP contribution in [0.1, 0.15) is 36.6 Å². The summed E-state index contributed by atoms with van der Waals surface area (Å²) in [6, 6.07) is 8.22. The molecule has 1 aromatic carbocycles. The van der Waals surface area contributed by atoms with Gasteiger partial charge in [-0.05, 0) is 30.0 Å². The second-order valence-electron chi connectivity index (χ2n) is 4.90. The number of benzene rings is 1. The van der Waals surface area contributed by atoms with E-state index in [1.165, 1.54) is 0 Å². The molecule has 0 aliphatic heterocycles. The van der Waals surface area contributed by atoms with Crippen molar-refractivity contribution in [3.63, 3.8) is 0 Å². The Labute approximate surface area is 108 Å². The zero-order valence-corrected chi connectivity index (χ0v) is 11.2. The van der Waals surface area contributed by atoms with E-state index < -0.39 is 0 Å². The average molecular weight is 239 g/mol. The van der Waals surface area contributed by atoms with Gasteiger partial charge < -0.3 is 0 Å². The van der Waals surface area contributed by atoms with Gasteiger partial charge in [-0.1, -0.05) is 26.0 Å². The van der Waals surface area contributed by atoms with E-state index in [4.69, 9.17) is 5.26 Å². The first-order chi connectivity index (χ1) is 8.52. The number of nitrogens with zero attached hydrogens (tertiary/aromatic N) is 3. The summed E-state index contributed by atoms with van der Waals surface area (Å²) < 4.78 is 1.83. The summed E-state index contributed by atoms with van der Waals surface area (Å²) >= 11 is 0. The van der Waals surface area contributed by atoms with Gasteiger partial charge in [-0.2, -0.15) is 10.4 Å². The third-order valence-corrected chi connectivity index (χ3v) is 3.07. The first-order valence-corrected chi connectivity index (χ1v) is 6.07. The fourth-order valence-corrected chi connectivity index (χ4v) is 2.06. The van der Waals surface area contributed by atoms with Crippen LogP contribution < -0.4 is 0 Å². The summed E-state index contributed by atoms with van der Waals surface area (Å²) in [5.41, 5.74) is 4.99. The van der Waals surface area contributed by atoms with Crippen LogP contribution in [-0.2, 0) is 7.05 Å². The largest absolute Gasteiger partial charge is 0.275 e. The molecule has 2 aromatic rings. The Morgan fingerprint density at radius 1 is 1.33 bits per heavy atom. The molecular weight excluding hydrogens is 222 g/mol. The van der Waals surface area contributed by atoms with Crippen molar-refractivity contribution in [3.8, 4) is 17.2 Å². The van der Waals surface area contributed by atoms with Crippen LogP contribution in [0, 0.1) is 18.3 Å². The van der Waals surface area contributed by atoms with E-state index in [1.54, 1.807) is 0 Å². The van der Waals surface area contributed by atoms with Crippen LogP contribution in [-0.4, -0.2) is 9.78 Å². The van der Waals surface area contributed by atoms with Crippen LogP contribution >= 0.6 is 0 Å². The van der Waals surface area contributed by atoms with E-state index in [1.807, 2.05) is 37.0 Å². The SMILES string of the molecule is Cc1ccc(-c2cn(C)nc2C(C)C)cc1C#N. The Balaban J connectivity index is 2.59. The van der Waals surface area contributed by atoms with Crippen molar-refractivity contribution in [2.45, 2.75) is 26.7 Å². The molecule has 3 heteroatoms. The minimum absolute atomic E-state index is 0.369. The maximum absolute atomic E-state index is 9.10. The van der Waals surface area contributed by atoms with Crippen LogP contribution in [0.15, 0.2) is 24.4 Å². The number of aryl methyl sites for hydroxylation is 2. The van der Waals surface area contributed by atoms with Gasteiger partial charge in [0.1, 0.15) is 0 Å². The van der Waals surface area contributed by atoms with Gasteiger partial charge in [-0.25, -0.2) is 0 Å². The highest BCUT2D eigenvalue weighted by atomic mass is 15.3. The van der Waals surface area contributed by atoms with Crippen LogP contribution in [0.5, 0.6) is 0 Å². The summed E-state index contributed by atoms with van der Waals surface area (Å²) in [5, 5.41) is 13.6. The molecule has 3 nitrogen and oxygen atoms in total. The highest BCUT2D eigenvalue weighted by Gasteiger charge is 2.13. The quantitative estimate of drug-likeness (QED) is 0.806. The summed E-state index contributed by atoms with van der Waals surface area (Å²) in [5.74, 6) is 0.369. The summed E-state index contributed by atoms with van der Waals surface area (Å²) in [7, 11) is 1.93. The normalized spacial score (nSPS) is 10.7. The molecule has 0 bridgehead atoms. The van der Waals surface area contributed by atoms with Crippen molar-refractivity contribution in [1.82, 2.24) is 9.78 Å². The number of rotatable bonds is 2. The van der Waals surface area contributed by atoms with Crippen molar-refractivity contribution < 1.29 is 0 Å². The molecule has 0 fully saturated rings. The maximum atomic E-state index is 9.10. The van der Waals surface area contributed by atoms with Crippen molar-refractivity contribution in [2.75, 3.05) is 0 Å². The van der Waals surface area contributed by atoms with Crippen LogP contribution in [0.4, 0.5) is 0 Å². The molecule has 0 N–H and O–H groups in total. The molecule has 0 saturated carbocycles. The van der Waals surface area contributed by atoms with E-state index in [2.05, 4.69) is 31.1 Å². The lowest BCUT2D eigenvalue weighted by atomic mass is 9.97. The van der Waals surface area contributed by atoms with Gasteiger partial charge in [-0.15, -0.1) is 0 Å². The Hall–Kier alpha value is -2.08. The average Bonchev–Trinajstić information content (AvgIpc) is 2.72. The molecular formula is C15H17N3. The molecule has 0 saturated heterocycles. The monoisotopic (exact) mass is 239 g/mol. The standard InChI is InChI=1S/C15H17N3/c1-10(2)15-14(9-18(4)17-15)12-6-5-11(3)13(7-12)8-16/h5-7,9-10H,1-4H3. The predicted molar refractivity (Wildman–Crippen MR) is 72.2 cm³/mol. The highest BCUT2D eigenvalue weighted by molar-refractivity contribution is 5.68. The van der Waals surface area contributed by atoms with Gasteiger partial charge in [0.25, 0.3) is 0 Å². The highest BCUT2D eigenvalue weighted by Crippen LogP contribution is 2.29. The van der Waals surface area contributed by atoms with Crippen LogP contribution in [0.3, 0.4) is 0 Å². The Morgan fingerprint density at radius 2 is 2.06 bits per heavy atom. The zero-order chi connectivity index (χ0) is 13.3. The van der Waals surface area contributed by atoms with Gasteiger partial charge >= 0.3 is 0 Å². The number of hydrogen-bond acceptors (Lipinski definition) is 2. The molecule has 0 spiro atoms. The fraction of sp³-hybridized carbons (Fsp3) is 0.333. The van der Waals surface area contributed by atoms with E-state index in [0.29, 0.717) is 5.92 Å². The Kier molecular flexibility index (Phi) is 3.20. The summed E-state index contributed by atoms with van der Waals surface area (Å²) in [6.45, 7) is 6.21. The molecule has 0 atom stereocenters. The molecule has 0 unspecified atom stereocenters. The smallest absolute Gasteiger partial charge is 0.0994 e. The fourth-order valence-electron chi connectivity index (χ4n) is 2.06. The third-order valence-electron chi connectivity index (χ3n) is 3.07. The van der Waals surface area contributed by atoms with Gasteiger partial charge in [0, 0.05) is 18.8 Å². The summed E-state index contributed by atoms with van der Waals surface area (Å²) in [4.78, 5) is 0. The van der Waals surface area contributed by atoms with Gasteiger partial charge in [0.2, 0.25) is 0 Å². The Bertz CT molecular complexity index is 615. The van der Waals surface area contributed by atoms with Gasteiger partial charge in [-0.3, -0.25) is 4.68 Å². The predicted octanol–water partition coefficient (Wildman–Crippen LogP) is 3.39. The van der Waals surface area contributed by atoms with E-state index in [9.17, 15) is 0 Å². The number of aromatic nitrogens is 2. The second kappa shape index (κ2) is 4.66. The first kappa shape index (κ1) is 12.4. The lowest BCUT2D eigenvalue weighted by Crippen LogP contribution is -1.94. The topological polar surface area (TPSA) is 41.6 Å². The van der Waals surface area contributed by atoms with E-state index in [0.717, 1.165) is 27.9 Å². The molecule has 92 valence electrons. The van der Waals surface area contributed by atoms with E-state index in [-0.39, 0.29) is 0 Å². The maximum Gasteiger partial charge on any atom is 0.0994 e. The first-order valence-electron chi connectivity index (χ1n) is 6.07. The van der Waals surface area contributed by atoms with Crippen LogP contribution in [0.25, 0.3) is 11.1 Å². The minimum Gasteiger partial charge on any atom is -0.275 e. The second-order valence-corrected chi connectivity index (χ2v) is 4.90. The van der Waals surface area contributed by atoms with Gasteiger partial charge in [0.05, 0.1) is 17.3 Å². The number of nitriles is 1. The molecule has 2 rings (SSSR count). The molecule has 1 heterocycles. The third kappa shape index (κ3) is 2.14. The lowest BCUT2D eigenvalue weighted by molar-refractivity contribution is 0.713. The summed E-state index contributed by atoms with van der Waals surface area (Å²) in [6.07, 6.45) is 2.02. The van der Waals surface area contributed by atoms with Crippen molar-refractivity contribution in [3.05, 3.63) is 41.2 Å². The molecule has 0 aliphatic carbocycles. The van der Waals surface area contributed by atoms with E-state index >= 15 is 0 Å². The van der Waals surface area contributed by atoms with Gasteiger partial charge in [0.15, 0.2) is 0 Å². The number of hydrogen-bond donors (Lipinski definition) is 0. The molecule has 0 amide bonds. The molecule has 18 heavy (non-hydrogen) atoms. The zero-order valence-electron chi connectivity index (χ0n) is 11.2. The minimum atomic E-state index is 0.369. The molecule has 0 radical (unpaired) electrons. The lowest BCUT2D eigenvalue weighted by Gasteiger charge is -2.06. The molecule has 0 aliphatic rings. The molecule has 1 aromatic heterocycles. The van der Waals surface area contributed by atoms with Crippen LogP contribution in [0.2, 0.25) is 0 Å². The van der Waals surface area contributed by atoms with Crippen molar-refractivity contribution >= 4 is 0 Å². The van der Waals surface area contributed by atoms with Crippen molar-refractivity contribution in [1.29, 1.82) is 5.26 Å².